The van der Waals surface area contributed by atoms with Gasteiger partial charge in [0, 0.05) is 22.2 Å². The lowest BCUT2D eigenvalue weighted by Gasteiger charge is -2.29. The number of carbonyl (C=O) groups is 2. The van der Waals surface area contributed by atoms with Crippen molar-refractivity contribution in [3.8, 4) is 0 Å². The molecule has 0 unspecified atom stereocenters. The largest absolute Gasteiger partial charge is 0.455 e. The maximum absolute atomic E-state index is 12.4. The van der Waals surface area contributed by atoms with Crippen LogP contribution in [0, 0.1) is 0 Å². The van der Waals surface area contributed by atoms with Crippen LogP contribution in [0.5, 0.6) is 0 Å². The third-order valence-corrected chi connectivity index (χ3v) is 5.71. The quantitative estimate of drug-likeness (QED) is 0.534. The van der Waals surface area contributed by atoms with Crippen LogP contribution in [0.3, 0.4) is 0 Å². The normalized spacial score (nSPS) is 13.2. The number of hydrogen-bond donors (Lipinski definition) is 0. The first-order chi connectivity index (χ1) is 12.5. The number of fused-ring (bicyclic) bond motifs is 1. The van der Waals surface area contributed by atoms with E-state index in [9.17, 15) is 9.59 Å². The van der Waals surface area contributed by atoms with Crippen LogP contribution in [0.4, 0.5) is 5.69 Å². The van der Waals surface area contributed by atoms with Gasteiger partial charge in [-0.25, -0.2) is 0 Å². The van der Waals surface area contributed by atoms with Gasteiger partial charge in [-0.15, -0.1) is 11.8 Å². The molecule has 0 N–H and O–H groups in total. The summed E-state index contributed by atoms with van der Waals surface area (Å²) < 4.78 is 5.14. The molecule has 26 heavy (non-hydrogen) atoms. The van der Waals surface area contributed by atoms with E-state index in [0.717, 1.165) is 24.1 Å². The minimum Gasteiger partial charge on any atom is -0.455 e. The van der Waals surface area contributed by atoms with Crippen LogP contribution in [0.2, 0.25) is 10.0 Å². The Balaban J connectivity index is 1.52. The third kappa shape index (κ3) is 4.72. The van der Waals surface area contributed by atoms with E-state index >= 15 is 0 Å². The Morgan fingerprint density at radius 1 is 1.15 bits per heavy atom. The van der Waals surface area contributed by atoms with Crippen molar-refractivity contribution in [1.82, 2.24) is 0 Å². The SMILES string of the molecule is O=C(CSc1cc(Cl)ccc1Cl)OCC(=O)N1CCCc2ccccc21. The standard InChI is InChI=1S/C19H17Cl2NO3S/c20-14-7-8-15(21)17(10-14)26-12-19(24)25-11-18(23)22-9-3-5-13-4-1-2-6-16(13)22/h1-2,4,6-8,10H,3,5,9,11-12H2. The lowest BCUT2D eigenvalue weighted by atomic mass is 10.0. The highest BCUT2D eigenvalue weighted by atomic mass is 35.5. The molecule has 2 aromatic rings. The van der Waals surface area contributed by atoms with Crippen molar-refractivity contribution in [3.05, 3.63) is 58.1 Å². The number of para-hydroxylation sites is 1. The van der Waals surface area contributed by atoms with Gasteiger partial charge in [0.15, 0.2) is 6.61 Å². The van der Waals surface area contributed by atoms with Crippen molar-refractivity contribution in [3.63, 3.8) is 0 Å². The Kier molecular flexibility index (Phi) is 6.46. The molecule has 0 fully saturated rings. The first-order valence-electron chi connectivity index (χ1n) is 8.16. The Morgan fingerprint density at radius 3 is 2.81 bits per heavy atom. The highest BCUT2D eigenvalue weighted by Crippen LogP contribution is 2.30. The Labute approximate surface area is 166 Å². The Hall–Kier alpha value is -1.69. The molecule has 0 aromatic heterocycles. The van der Waals surface area contributed by atoms with Gasteiger partial charge in [0.2, 0.25) is 0 Å². The number of carbonyl (C=O) groups excluding carboxylic acids is 2. The number of ether oxygens (including phenoxy) is 1. The summed E-state index contributed by atoms with van der Waals surface area (Å²) in [6.45, 7) is 0.372. The second-order valence-electron chi connectivity index (χ2n) is 5.80. The number of hydrogen-bond acceptors (Lipinski definition) is 4. The van der Waals surface area contributed by atoms with Crippen LogP contribution in [-0.2, 0) is 20.7 Å². The van der Waals surface area contributed by atoms with E-state index < -0.39 is 5.97 Å². The highest BCUT2D eigenvalue weighted by molar-refractivity contribution is 8.00. The molecule has 1 aliphatic heterocycles. The van der Waals surface area contributed by atoms with Crippen LogP contribution in [0.1, 0.15) is 12.0 Å². The van der Waals surface area contributed by atoms with Gasteiger partial charge in [-0.05, 0) is 42.7 Å². The number of amides is 1. The van der Waals surface area contributed by atoms with Gasteiger partial charge in [-0.2, -0.15) is 0 Å². The van der Waals surface area contributed by atoms with Gasteiger partial charge in [0.05, 0.1) is 10.8 Å². The summed E-state index contributed by atoms with van der Waals surface area (Å²) in [5, 5.41) is 1.07. The lowest BCUT2D eigenvalue weighted by molar-refractivity contribution is -0.145. The van der Waals surface area contributed by atoms with E-state index in [1.807, 2.05) is 24.3 Å². The number of thioether (sulfide) groups is 1. The van der Waals surface area contributed by atoms with Crippen molar-refractivity contribution in [2.24, 2.45) is 0 Å². The molecular weight excluding hydrogens is 393 g/mol. The van der Waals surface area contributed by atoms with Gasteiger partial charge in [0.1, 0.15) is 0 Å². The molecule has 7 heteroatoms. The molecule has 0 atom stereocenters. The first kappa shape index (κ1) is 19.1. The molecule has 136 valence electrons. The average Bonchev–Trinajstić information content (AvgIpc) is 2.66. The van der Waals surface area contributed by atoms with Crippen LogP contribution in [-0.4, -0.2) is 30.8 Å². The predicted molar refractivity (Wildman–Crippen MR) is 105 cm³/mol. The number of esters is 1. The summed E-state index contributed by atoms with van der Waals surface area (Å²) in [6, 6.07) is 12.9. The molecule has 3 rings (SSSR count). The van der Waals surface area contributed by atoms with Gasteiger partial charge in [-0.1, -0.05) is 41.4 Å². The second kappa shape index (κ2) is 8.80. The predicted octanol–water partition coefficient (Wildman–Crippen LogP) is 4.61. The molecule has 0 saturated heterocycles. The number of halogens is 2. The van der Waals surface area contributed by atoms with E-state index in [-0.39, 0.29) is 18.3 Å². The fraction of sp³-hybridized carbons (Fsp3) is 0.263. The second-order valence-corrected chi connectivity index (χ2v) is 7.66. The topological polar surface area (TPSA) is 46.6 Å². The minimum absolute atomic E-state index is 0.0595. The van der Waals surface area contributed by atoms with E-state index in [1.165, 1.54) is 11.8 Å². The van der Waals surface area contributed by atoms with Gasteiger partial charge in [0.25, 0.3) is 5.91 Å². The molecule has 0 aliphatic carbocycles. The minimum atomic E-state index is -0.468. The van der Waals surface area contributed by atoms with E-state index in [1.54, 1.807) is 23.1 Å². The summed E-state index contributed by atoms with van der Waals surface area (Å²) in [5.74, 6) is -0.620. The molecule has 1 amide bonds. The fourth-order valence-electron chi connectivity index (χ4n) is 2.78. The van der Waals surface area contributed by atoms with E-state index in [2.05, 4.69) is 0 Å². The molecule has 0 spiro atoms. The van der Waals surface area contributed by atoms with Crippen molar-refractivity contribution in [2.75, 3.05) is 23.8 Å². The number of rotatable bonds is 5. The summed E-state index contributed by atoms with van der Waals surface area (Å²) in [7, 11) is 0. The zero-order valence-corrected chi connectivity index (χ0v) is 16.2. The molecule has 2 aromatic carbocycles. The number of anilines is 1. The highest BCUT2D eigenvalue weighted by Gasteiger charge is 2.23. The summed E-state index contributed by atoms with van der Waals surface area (Å²) >= 11 is 13.2. The van der Waals surface area contributed by atoms with E-state index in [4.69, 9.17) is 27.9 Å². The van der Waals surface area contributed by atoms with Crippen molar-refractivity contribution >= 4 is 52.5 Å². The zero-order valence-electron chi connectivity index (χ0n) is 13.9. The number of aryl methyl sites for hydroxylation is 1. The van der Waals surface area contributed by atoms with Crippen molar-refractivity contribution < 1.29 is 14.3 Å². The first-order valence-corrected chi connectivity index (χ1v) is 9.90. The number of benzene rings is 2. The van der Waals surface area contributed by atoms with Crippen LogP contribution in [0.25, 0.3) is 0 Å². The molecule has 0 radical (unpaired) electrons. The Morgan fingerprint density at radius 2 is 1.96 bits per heavy atom. The van der Waals surface area contributed by atoms with Crippen LogP contribution in [0.15, 0.2) is 47.4 Å². The monoisotopic (exact) mass is 409 g/mol. The van der Waals surface area contributed by atoms with Crippen molar-refractivity contribution in [2.45, 2.75) is 17.7 Å². The van der Waals surface area contributed by atoms with E-state index in [0.29, 0.717) is 21.5 Å². The van der Waals surface area contributed by atoms with Crippen LogP contribution < -0.4 is 4.90 Å². The molecule has 0 bridgehead atoms. The third-order valence-electron chi connectivity index (χ3n) is 4.01. The molecule has 1 heterocycles. The molecule has 1 aliphatic rings. The zero-order chi connectivity index (χ0) is 18.5. The van der Waals surface area contributed by atoms with Gasteiger partial charge in [-0.3, -0.25) is 9.59 Å². The lowest BCUT2D eigenvalue weighted by Crippen LogP contribution is -2.38. The molecule has 0 saturated carbocycles. The average molecular weight is 410 g/mol. The van der Waals surface area contributed by atoms with Crippen molar-refractivity contribution in [1.29, 1.82) is 0 Å². The smallest absolute Gasteiger partial charge is 0.316 e. The molecule has 4 nitrogen and oxygen atoms in total. The Bertz CT molecular complexity index is 828. The summed E-state index contributed by atoms with van der Waals surface area (Å²) in [4.78, 5) is 26.8. The van der Waals surface area contributed by atoms with Gasteiger partial charge < -0.3 is 9.64 Å². The maximum atomic E-state index is 12.4. The van der Waals surface area contributed by atoms with Crippen LogP contribution >= 0.6 is 35.0 Å². The number of nitrogens with zero attached hydrogens (tertiary/aromatic N) is 1. The maximum Gasteiger partial charge on any atom is 0.316 e. The van der Waals surface area contributed by atoms with Gasteiger partial charge >= 0.3 is 5.97 Å². The molecular formula is C19H17Cl2NO3S. The fourth-order valence-corrected chi connectivity index (χ4v) is 4.07. The summed E-state index contributed by atoms with van der Waals surface area (Å²) in [5.41, 5.74) is 2.05. The summed E-state index contributed by atoms with van der Waals surface area (Å²) in [6.07, 6.45) is 1.86.